The molecule has 0 radical (unpaired) electrons. The molecule has 4 heteroatoms. The average molecular weight is 1120 g/mol. The first-order valence-corrected chi connectivity index (χ1v) is 26.5. The molecule has 0 saturated carbocycles. The predicted molar refractivity (Wildman–Crippen MR) is 301 cm³/mol. The van der Waals surface area contributed by atoms with Crippen LogP contribution in [-0.2, 0) is 44.8 Å². The third-order valence-electron chi connectivity index (χ3n) is 12.8. The fraction of sp³-hybridized carbons (Fsp3) is 0.0303. The molecule has 0 spiro atoms. The summed E-state index contributed by atoms with van der Waals surface area (Å²) in [6.07, 6.45) is 17.6. The van der Waals surface area contributed by atoms with E-state index in [-0.39, 0.29) is 44.8 Å². The predicted octanol–water partition coefficient (Wildman–Crippen LogP) is 14.9. The maximum atomic E-state index is 7.67. The Balaban J connectivity index is 0.000000142. The quantitative estimate of drug-likeness (QED) is 0.0491. The summed E-state index contributed by atoms with van der Waals surface area (Å²) in [5, 5.41) is 20.2. The van der Waals surface area contributed by atoms with E-state index < -0.39 is 15.8 Å². The van der Waals surface area contributed by atoms with Gasteiger partial charge in [0.05, 0.1) is 37.1 Å². The summed E-state index contributed by atoms with van der Waals surface area (Å²) in [7, 11) is -1.57. The molecule has 0 N–H and O–H groups in total. The van der Waals surface area contributed by atoms with Crippen LogP contribution in [0.2, 0.25) is 0 Å². The molecule has 0 saturated heterocycles. The van der Waals surface area contributed by atoms with Crippen molar-refractivity contribution >= 4 is 102 Å². The third kappa shape index (κ3) is 11.3. The van der Waals surface area contributed by atoms with Gasteiger partial charge in [0.1, 0.15) is 12.3 Å². The Bertz CT molecular complexity index is 3590. The molecule has 0 aliphatic carbocycles. The van der Waals surface area contributed by atoms with E-state index in [4.69, 9.17) is 12.8 Å². The van der Waals surface area contributed by atoms with E-state index >= 15 is 0 Å². The summed E-state index contributed by atoms with van der Waals surface area (Å²) in [5.41, 5.74) is 1.72. The van der Waals surface area contributed by atoms with Gasteiger partial charge in [0.2, 0.25) is 0 Å². The van der Waals surface area contributed by atoms with Crippen LogP contribution in [-0.4, -0.2) is 12.3 Å². The van der Waals surface area contributed by atoms with E-state index in [2.05, 4.69) is 236 Å². The number of benzene rings is 12. The van der Waals surface area contributed by atoms with Crippen molar-refractivity contribution in [3.8, 4) is 11.8 Å². The van der Waals surface area contributed by atoms with Crippen molar-refractivity contribution in [2.75, 3.05) is 12.3 Å². The zero-order valence-electron chi connectivity index (χ0n) is 38.3. The molecule has 0 nitrogen and oxygen atoms in total. The molecule has 70 heavy (non-hydrogen) atoms. The van der Waals surface area contributed by atoms with Crippen molar-refractivity contribution in [3.63, 3.8) is 0 Å². The van der Waals surface area contributed by atoms with Crippen LogP contribution < -0.4 is 21.2 Å². The van der Waals surface area contributed by atoms with Gasteiger partial charge in [-0.2, -0.15) is 0 Å². The van der Waals surface area contributed by atoms with Crippen LogP contribution >= 0.6 is 15.8 Å². The van der Waals surface area contributed by atoms with Gasteiger partial charge in [-0.3, -0.25) is 11.8 Å². The third-order valence-corrected chi connectivity index (χ3v) is 18.9. The van der Waals surface area contributed by atoms with Crippen LogP contribution in [0.4, 0.5) is 0 Å². The van der Waals surface area contributed by atoms with Crippen LogP contribution in [0, 0.1) is 24.7 Å². The maximum absolute atomic E-state index is 7.67. The Morgan fingerprint density at radius 3 is 1.06 bits per heavy atom. The van der Waals surface area contributed by atoms with E-state index in [1.165, 1.54) is 65.9 Å². The van der Waals surface area contributed by atoms with Gasteiger partial charge in [-0.25, -0.2) is 0 Å². The molecule has 0 aromatic heterocycles. The Kier molecular flexibility index (Phi) is 17.2. The summed E-state index contributed by atoms with van der Waals surface area (Å²) in [4.78, 5) is 0. The second kappa shape index (κ2) is 24.0. The zero-order valence-corrected chi connectivity index (χ0v) is 43.2. The molecule has 12 rings (SSSR count). The fourth-order valence-electron chi connectivity index (χ4n) is 9.44. The molecule has 0 amide bonds. The first kappa shape index (κ1) is 50.1. The van der Waals surface area contributed by atoms with E-state index in [1.807, 2.05) is 30.3 Å². The molecule has 0 aliphatic heterocycles. The number of rotatable bonds is 7. The van der Waals surface area contributed by atoms with Crippen LogP contribution in [0.1, 0.15) is 11.1 Å². The second-order valence-corrected chi connectivity index (χ2v) is 22.2. The van der Waals surface area contributed by atoms with Crippen LogP contribution in [0.15, 0.2) is 255 Å². The number of fused-ring (bicyclic) bond motifs is 6. The molecule has 0 aliphatic rings. The average Bonchev–Trinajstić information content (AvgIpc) is 3.41. The van der Waals surface area contributed by atoms with E-state index in [0.717, 1.165) is 43.4 Å². The van der Waals surface area contributed by atoms with E-state index in [1.54, 1.807) is 0 Å². The minimum Gasteiger partial charge on any atom is -0.366 e. The van der Waals surface area contributed by atoms with Gasteiger partial charge in [-0.05, 0) is 127 Å². The first-order valence-electron chi connectivity index (χ1n) is 23.1. The largest absolute Gasteiger partial charge is 1.00 e. The van der Waals surface area contributed by atoms with Crippen LogP contribution in [0.3, 0.4) is 0 Å². The van der Waals surface area contributed by atoms with Crippen molar-refractivity contribution in [1.82, 2.24) is 0 Å². The van der Waals surface area contributed by atoms with Gasteiger partial charge in [0, 0.05) is 0 Å². The molecule has 342 valence electrons. The summed E-state index contributed by atoms with van der Waals surface area (Å²) in [6.45, 7) is 0. The molecule has 0 bridgehead atoms. The molecule has 0 atom stereocenters. The van der Waals surface area contributed by atoms with Gasteiger partial charge < -0.3 is 12.8 Å². The van der Waals surface area contributed by atoms with Crippen LogP contribution in [0.25, 0.3) is 64.6 Å². The van der Waals surface area contributed by atoms with Gasteiger partial charge in [-0.15, -0.1) is 17.2 Å². The van der Waals surface area contributed by atoms with Gasteiger partial charge >= 0.3 is 44.8 Å². The van der Waals surface area contributed by atoms with Crippen molar-refractivity contribution in [2.45, 2.75) is 0 Å². The van der Waals surface area contributed by atoms with E-state index in [9.17, 15) is 0 Å². The fourth-order valence-corrected chi connectivity index (χ4v) is 15.6. The molecule has 0 fully saturated rings. The standard InChI is InChI=1S/C26H24P2.2C20H11.2Ag/c1-5-13-23(14-6-1)27(24-15-7-2-8-16-24)21-22-28(25-17-9-3-10-18-25)26-19-11-4-12-20-26;1-2-18-19-10-6-5-9-16(19)12-17-11-14-7-3-4-8-15(14)13-20(17)18;1-2-14-8-5-9-17-12-18-10-15-6-3-4-7-16(15)11-19(18)13-20(14)17;;/h1-20H,21-22H2;2*3-13H;;/q;2*-1;2*+1/p+2. The molecule has 12 aromatic carbocycles. The normalized spacial score (nSPS) is 10.7. The summed E-state index contributed by atoms with van der Waals surface area (Å²) < 4.78 is 0. The Morgan fingerprint density at radius 1 is 0.271 bits per heavy atom. The van der Waals surface area contributed by atoms with Crippen molar-refractivity contribution in [1.29, 1.82) is 0 Å². The Labute approximate surface area is 445 Å². The van der Waals surface area contributed by atoms with Gasteiger partial charge in [0.15, 0.2) is 0 Å². The SMILES string of the molecule is [Ag+].[Ag+].[C-]#Cc1c2ccccc2cc2cc3ccccc3cc12.[C-]#Cc1cccc2cc3cc4ccccc4cc3cc12.c1ccc([PH+](CC[PH+](c2ccccc2)c2ccccc2)c2ccccc2)cc1. The molecule has 0 unspecified atom stereocenters. The zero-order chi connectivity index (χ0) is 46.1. The van der Waals surface area contributed by atoms with Crippen molar-refractivity contribution in [2.24, 2.45) is 0 Å². The summed E-state index contributed by atoms with van der Waals surface area (Å²) in [6, 6.07) is 90.8. The smallest absolute Gasteiger partial charge is 0.366 e. The molecular formula is C66H48Ag2P2+2. The monoisotopic (exact) mass is 1120 g/mol. The van der Waals surface area contributed by atoms with Crippen LogP contribution in [0.5, 0.6) is 0 Å². The number of hydrogen-bond donors (Lipinski definition) is 0. The van der Waals surface area contributed by atoms with Gasteiger partial charge in [0.25, 0.3) is 0 Å². The first-order chi connectivity index (χ1) is 33.6. The maximum Gasteiger partial charge on any atom is 1.00 e. The molecule has 12 aromatic rings. The Hall–Kier alpha value is -6.34. The Morgan fingerprint density at radius 2 is 0.600 bits per heavy atom. The second-order valence-electron chi connectivity index (χ2n) is 17.0. The number of hydrogen-bond acceptors (Lipinski definition) is 0. The minimum absolute atomic E-state index is 0. The minimum atomic E-state index is -0.783. The summed E-state index contributed by atoms with van der Waals surface area (Å²) in [5.74, 6) is 5.15. The molecule has 0 heterocycles. The topological polar surface area (TPSA) is 0 Å². The van der Waals surface area contributed by atoms with Gasteiger partial charge in [-0.1, -0.05) is 186 Å². The van der Waals surface area contributed by atoms with E-state index in [0.29, 0.717) is 0 Å². The van der Waals surface area contributed by atoms with Crippen molar-refractivity contribution < 1.29 is 44.8 Å². The summed E-state index contributed by atoms with van der Waals surface area (Å²) >= 11 is 0. The van der Waals surface area contributed by atoms with Crippen molar-refractivity contribution in [3.05, 3.63) is 279 Å². The molecular weight excluding hydrogens is 1070 g/mol.